The van der Waals surface area contributed by atoms with Gasteiger partial charge in [-0.15, -0.1) is 0 Å². The standard InChI is InChI=1S/C14H11O.C11H15O.Fe/c15-14(13-8-4-5-9-13)11-10-12-6-2-1-3-7-12;1-11(2,3)8-10(12)9-6-4-5-7-9;/h1-11H;4-7H,8H2,1-3H3;. The van der Waals surface area contributed by atoms with E-state index in [4.69, 9.17) is 0 Å². The molecule has 0 radical (unpaired) electrons. The predicted octanol–water partition coefficient (Wildman–Crippen LogP) is 6.40. The molecule has 0 aromatic heterocycles. The summed E-state index contributed by atoms with van der Waals surface area (Å²) in [6.45, 7) is 2.67. The van der Waals surface area contributed by atoms with Gasteiger partial charge in [0.15, 0.2) is 0 Å². The Morgan fingerprint density at radius 1 is 0.929 bits per heavy atom. The Kier molecular flexibility index (Phi) is 0.709. The van der Waals surface area contributed by atoms with E-state index in [2.05, 4.69) is 39.0 Å². The molecule has 3 heteroatoms. The summed E-state index contributed by atoms with van der Waals surface area (Å²) in [5.41, 5.74) is 1.21. The number of ketones is 2. The third-order valence-electron chi connectivity index (χ3n) is 17.5. The summed E-state index contributed by atoms with van der Waals surface area (Å²) >= 11 is 0. The first kappa shape index (κ1) is 13.2. The fourth-order valence-corrected chi connectivity index (χ4v) is 95.2. The van der Waals surface area contributed by atoms with E-state index >= 15 is 0 Å². The molecule has 8 unspecified atom stereocenters. The van der Waals surface area contributed by atoms with Crippen LogP contribution in [0.3, 0.4) is 0 Å². The number of rotatable bonds is 5. The molecule has 8 atom stereocenters. The molecule has 28 heavy (non-hydrogen) atoms. The first-order valence-corrected chi connectivity index (χ1v) is 17.3. The average Bonchev–Trinajstić information content (AvgIpc) is 3.59. The summed E-state index contributed by atoms with van der Waals surface area (Å²) in [7, 11) is 0. The Labute approximate surface area is 155 Å². The molecule has 146 valence electrons. The van der Waals surface area contributed by atoms with E-state index in [0.29, 0.717) is 11.6 Å². The number of fused-ring (bicyclic) bond motifs is 10. The van der Waals surface area contributed by atoms with Gasteiger partial charge in [-0.1, -0.05) is 0 Å². The molecule has 1 spiro atoms. The molecule has 10 fully saturated rings. The first-order valence-electron chi connectivity index (χ1n) is 11.1. The van der Waals surface area contributed by atoms with E-state index in [0.717, 1.165) is 50.5 Å². The van der Waals surface area contributed by atoms with Gasteiger partial charge in [-0.25, -0.2) is 0 Å². The molecule has 1 aromatic rings. The number of hydrogen-bond acceptors (Lipinski definition) is 2. The summed E-state index contributed by atoms with van der Waals surface area (Å²) < 4.78 is 0.269. The predicted molar refractivity (Wildman–Crippen MR) is 105 cm³/mol. The molecule has 11 rings (SSSR count). The van der Waals surface area contributed by atoms with E-state index in [1.165, 1.54) is 0 Å². The van der Waals surface area contributed by atoms with Crippen molar-refractivity contribution in [3.05, 3.63) is 42.0 Å². The van der Waals surface area contributed by atoms with Gasteiger partial charge in [0.05, 0.1) is 0 Å². The van der Waals surface area contributed by atoms with Gasteiger partial charge >= 0.3 is 155 Å². The van der Waals surface area contributed by atoms with Crippen molar-refractivity contribution in [2.75, 3.05) is 0 Å². The van der Waals surface area contributed by atoms with Crippen LogP contribution in [0.1, 0.15) is 32.8 Å². The summed E-state index contributed by atoms with van der Waals surface area (Å²) in [6.07, 6.45) is 4.77. The van der Waals surface area contributed by atoms with E-state index < -0.39 is 6.51 Å². The Hall–Kier alpha value is -1.18. The molecule has 0 N–H and O–H groups in total. The van der Waals surface area contributed by atoms with Crippen molar-refractivity contribution in [3.8, 4) is 0 Å². The Morgan fingerprint density at radius 2 is 1.46 bits per heavy atom. The van der Waals surface area contributed by atoms with E-state index in [1.807, 2.05) is 24.3 Å². The number of benzene rings is 1. The van der Waals surface area contributed by atoms with Crippen LogP contribution in [0.25, 0.3) is 6.08 Å². The van der Waals surface area contributed by atoms with Crippen LogP contribution in [-0.4, -0.2) is 11.6 Å². The zero-order valence-electron chi connectivity index (χ0n) is 16.5. The summed E-state index contributed by atoms with van der Waals surface area (Å²) in [5, 5.41) is 0. The fraction of sp³-hybridized carbons (Fsp3) is 0.600. The number of allylic oxidation sites excluding steroid dienone is 1. The van der Waals surface area contributed by atoms with Gasteiger partial charge in [0.1, 0.15) is 0 Å². The van der Waals surface area contributed by atoms with Gasteiger partial charge in [0.25, 0.3) is 0 Å². The third kappa shape index (κ3) is 0.217. The molecule has 2 nitrogen and oxygen atoms in total. The molecule has 0 amide bonds. The van der Waals surface area contributed by atoms with Crippen LogP contribution in [0.5, 0.6) is 0 Å². The molecular weight excluding hydrogens is 388 g/mol. The normalized spacial score (nSPS) is 80.2. The molecular formula is C25H26FeO2. The van der Waals surface area contributed by atoms with Gasteiger partial charge in [0.2, 0.25) is 0 Å². The van der Waals surface area contributed by atoms with Crippen molar-refractivity contribution in [2.24, 2.45) is 5.41 Å². The van der Waals surface area contributed by atoms with Gasteiger partial charge < -0.3 is 0 Å². The monoisotopic (exact) mass is 414 g/mol. The molecule has 0 saturated carbocycles. The summed E-state index contributed by atoms with van der Waals surface area (Å²) in [4.78, 5) is 34.9. The number of Topliss-reactive ketones (excluding diaryl/α,β-unsaturated/α-hetero) is 1. The van der Waals surface area contributed by atoms with E-state index in [9.17, 15) is 9.59 Å². The quantitative estimate of drug-likeness (QED) is 0.413. The van der Waals surface area contributed by atoms with Crippen LogP contribution in [-0.2, 0) is 16.1 Å². The van der Waals surface area contributed by atoms with Crippen molar-refractivity contribution in [2.45, 2.75) is 74.3 Å². The minimum absolute atomic E-state index is 0.0860. The van der Waals surface area contributed by atoms with Crippen LogP contribution in [0, 0.1) is 5.41 Å². The van der Waals surface area contributed by atoms with Crippen LogP contribution in [0.2, 0.25) is 47.2 Å². The van der Waals surface area contributed by atoms with Gasteiger partial charge in [-0.3, -0.25) is 0 Å². The molecule has 10 heterocycles. The zero-order valence-corrected chi connectivity index (χ0v) is 17.6. The molecule has 1 aromatic carbocycles. The maximum atomic E-state index is 13.9. The molecule has 10 aliphatic heterocycles. The zero-order chi connectivity index (χ0) is 18.8. The Balaban J connectivity index is 1.14. The van der Waals surface area contributed by atoms with Crippen LogP contribution in [0.4, 0.5) is 0 Å². The third-order valence-corrected chi connectivity index (χ3v) is 60.3. The second-order valence-corrected chi connectivity index (χ2v) is 38.2. The maximum absolute atomic E-state index is 13.9. The van der Waals surface area contributed by atoms with E-state index in [1.54, 1.807) is 0 Å². The van der Waals surface area contributed by atoms with Crippen molar-refractivity contribution in [3.63, 3.8) is 0 Å². The second kappa shape index (κ2) is 1.50. The Morgan fingerprint density at radius 3 is 1.96 bits per heavy atom. The molecule has 10 aliphatic rings. The van der Waals surface area contributed by atoms with Crippen LogP contribution >= 0.6 is 0 Å². The SMILES string of the molecule is CC(C)(C)CC(=O)[C]12[CH]3[CH]4[CH]5[CH]1[Fe]45321678[CH]2[CH]1[CH]6[C]7(C(=O)C=Cc1ccccc1)[CH]28. The summed E-state index contributed by atoms with van der Waals surface area (Å²) in [5.74, 6) is 1.15. The molecule has 0 bridgehead atoms. The second-order valence-electron chi connectivity index (χ2n) is 15.0. The van der Waals surface area contributed by atoms with Crippen molar-refractivity contribution < 1.29 is 16.1 Å². The van der Waals surface area contributed by atoms with Crippen molar-refractivity contribution in [1.82, 2.24) is 0 Å². The number of carbonyl (C=O) groups excluding carboxylic acids is 2. The molecule has 10 saturated heterocycles. The Bertz CT molecular complexity index is 1560. The van der Waals surface area contributed by atoms with Crippen LogP contribution in [0.15, 0.2) is 36.4 Å². The van der Waals surface area contributed by atoms with Crippen molar-refractivity contribution in [1.29, 1.82) is 0 Å². The average molecular weight is 414 g/mol. The van der Waals surface area contributed by atoms with Gasteiger partial charge in [0, 0.05) is 0 Å². The minimum atomic E-state index is -3.99. The van der Waals surface area contributed by atoms with Gasteiger partial charge in [-0.05, 0) is 0 Å². The fourth-order valence-electron chi connectivity index (χ4n) is 19.5. The molecule has 0 aliphatic carbocycles. The number of hydrogen-bond donors (Lipinski definition) is 0. The summed E-state index contributed by atoms with van der Waals surface area (Å²) in [6, 6.07) is 10.3. The topological polar surface area (TPSA) is 34.1 Å². The van der Waals surface area contributed by atoms with Crippen LogP contribution < -0.4 is 0 Å². The van der Waals surface area contributed by atoms with Gasteiger partial charge in [-0.2, -0.15) is 0 Å². The van der Waals surface area contributed by atoms with E-state index in [-0.39, 0.29) is 14.0 Å². The van der Waals surface area contributed by atoms with Crippen molar-refractivity contribution >= 4 is 17.6 Å². The number of carbonyl (C=O) groups is 2. The first-order chi connectivity index (χ1) is 13.1.